The smallest absolute Gasteiger partial charge is 0.276 e. The summed E-state index contributed by atoms with van der Waals surface area (Å²) in [5.41, 5.74) is 3.23. The van der Waals surface area contributed by atoms with Gasteiger partial charge in [-0.1, -0.05) is 12.1 Å². The van der Waals surface area contributed by atoms with Crippen LogP contribution in [0.5, 0.6) is 0 Å². The van der Waals surface area contributed by atoms with Crippen LogP contribution in [0.4, 0.5) is 0 Å². The molecule has 35 heavy (non-hydrogen) atoms. The molecule has 0 unspecified atom stereocenters. The summed E-state index contributed by atoms with van der Waals surface area (Å²) >= 11 is 0. The van der Waals surface area contributed by atoms with Crippen molar-refractivity contribution in [2.75, 3.05) is 6.54 Å². The number of fused-ring (bicyclic) bond motifs is 1. The van der Waals surface area contributed by atoms with Gasteiger partial charge in [-0.3, -0.25) is 9.59 Å². The molecular weight excluding hydrogens is 446 g/mol. The predicted molar refractivity (Wildman–Crippen MR) is 125 cm³/mol. The summed E-state index contributed by atoms with van der Waals surface area (Å²) in [7, 11) is 0. The maximum atomic E-state index is 13.2. The summed E-state index contributed by atoms with van der Waals surface area (Å²) in [4.78, 5) is 30.3. The van der Waals surface area contributed by atoms with E-state index in [1.807, 2.05) is 25.3 Å². The minimum absolute atomic E-state index is 0.0401. The summed E-state index contributed by atoms with van der Waals surface area (Å²) in [5, 5.41) is 18.7. The highest BCUT2D eigenvalue weighted by molar-refractivity contribution is 5.93. The van der Waals surface area contributed by atoms with E-state index in [4.69, 9.17) is 14.7 Å². The van der Waals surface area contributed by atoms with Crippen LogP contribution in [-0.2, 0) is 17.6 Å². The van der Waals surface area contributed by atoms with Crippen molar-refractivity contribution in [1.82, 2.24) is 35.5 Å². The Balaban J connectivity index is 1.29. The number of nitrogens with zero attached hydrogens (tertiary/aromatic N) is 5. The van der Waals surface area contributed by atoms with Crippen LogP contribution >= 0.6 is 0 Å². The van der Waals surface area contributed by atoms with Gasteiger partial charge < -0.3 is 10.6 Å². The maximum absolute atomic E-state index is 13.2. The molecule has 0 aromatic carbocycles. The third kappa shape index (κ3) is 4.53. The van der Waals surface area contributed by atoms with Crippen molar-refractivity contribution in [2.45, 2.75) is 64.3 Å². The van der Waals surface area contributed by atoms with Crippen LogP contribution in [0.15, 0.2) is 23.0 Å². The number of aromatic nitrogens is 5. The van der Waals surface area contributed by atoms with Crippen molar-refractivity contribution in [3.05, 3.63) is 41.1 Å². The van der Waals surface area contributed by atoms with Crippen molar-refractivity contribution < 1.29 is 14.2 Å². The van der Waals surface area contributed by atoms with Gasteiger partial charge in [0.25, 0.3) is 5.91 Å². The molecule has 2 amide bonds. The molecule has 3 aliphatic rings. The monoisotopic (exact) mass is 477 g/mol. The summed E-state index contributed by atoms with van der Waals surface area (Å²) in [5.74, 6) is 1.35. The van der Waals surface area contributed by atoms with Gasteiger partial charge in [-0.2, -0.15) is 5.10 Å². The number of nitrogens with one attached hydrogen (secondary N) is 2. The fourth-order valence-corrected chi connectivity index (χ4v) is 5.56. The molecule has 184 valence electrons. The van der Waals surface area contributed by atoms with E-state index >= 15 is 0 Å². The molecule has 2 atom stereocenters. The molecule has 3 fully saturated rings. The second-order valence-electron chi connectivity index (χ2n) is 10.2. The predicted octanol–water partition coefficient (Wildman–Crippen LogP) is 2.65. The Morgan fingerprint density at radius 2 is 2.00 bits per heavy atom. The fourth-order valence-electron chi connectivity index (χ4n) is 5.56. The zero-order valence-electron chi connectivity index (χ0n) is 19.9. The van der Waals surface area contributed by atoms with Crippen LogP contribution in [0.1, 0.15) is 79.1 Å². The summed E-state index contributed by atoms with van der Waals surface area (Å²) < 4.78 is 6.63. The van der Waals surface area contributed by atoms with Crippen LogP contribution in [-0.4, -0.2) is 43.3 Å². The van der Waals surface area contributed by atoms with E-state index in [9.17, 15) is 9.59 Å². The Kier molecular flexibility index (Phi) is 5.74. The Morgan fingerprint density at radius 1 is 1.20 bits per heavy atom. The first-order chi connectivity index (χ1) is 17.1. The molecule has 2 saturated carbocycles. The van der Waals surface area contributed by atoms with Gasteiger partial charge in [0.1, 0.15) is 5.69 Å². The van der Waals surface area contributed by atoms with Gasteiger partial charge in [-0.15, -0.1) is 0 Å². The first-order valence-electron chi connectivity index (χ1n) is 12.9. The minimum atomic E-state index is -0.270. The standard InChI is InChI=1S/C25H31N7O3/c1-2-18-23(31-35-30-18)25(34)28-22(21(14-5-6-14)15-7-8-15)19-13-32-20(27-19)10-9-17(29-32)12-16-4-3-11-26-24(16)33/h9-10,13-16,21-22H,2-8,11-12H2,1H3,(H,26,33)(H,28,34)/t16-,22-/m1/s1. The van der Waals surface area contributed by atoms with E-state index < -0.39 is 0 Å². The zero-order chi connectivity index (χ0) is 23.9. The Hall–Kier alpha value is -3.30. The third-order valence-corrected chi connectivity index (χ3v) is 7.68. The second-order valence-corrected chi connectivity index (χ2v) is 10.2. The molecule has 6 rings (SSSR count). The van der Waals surface area contributed by atoms with Gasteiger partial charge in [0.2, 0.25) is 5.91 Å². The SMILES string of the molecule is CCc1nonc1C(=O)N[C@H](c1cn2nc(C[C@H]3CCCNC3=O)ccc2n1)C(C1CC1)C1CC1. The molecule has 2 aliphatic carbocycles. The zero-order valence-corrected chi connectivity index (χ0v) is 19.9. The van der Waals surface area contributed by atoms with Gasteiger partial charge in [0.05, 0.1) is 23.6 Å². The van der Waals surface area contributed by atoms with Gasteiger partial charge in [-0.05, 0) is 80.0 Å². The van der Waals surface area contributed by atoms with Crippen molar-refractivity contribution in [3.63, 3.8) is 0 Å². The van der Waals surface area contributed by atoms with Gasteiger partial charge in [-0.25, -0.2) is 14.1 Å². The highest BCUT2D eigenvalue weighted by atomic mass is 16.6. The number of hydrogen-bond acceptors (Lipinski definition) is 7. The lowest BCUT2D eigenvalue weighted by Crippen LogP contribution is -2.37. The van der Waals surface area contributed by atoms with E-state index in [-0.39, 0.29) is 29.5 Å². The van der Waals surface area contributed by atoms with Gasteiger partial charge in [0.15, 0.2) is 11.3 Å². The normalized spacial score (nSPS) is 21.3. The number of rotatable bonds is 9. The molecule has 2 N–H and O–H groups in total. The molecule has 10 nitrogen and oxygen atoms in total. The number of piperidine rings is 1. The van der Waals surface area contributed by atoms with Crippen LogP contribution in [0.25, 0.3) is 5.65 Å². The lowest BCUT2D eigenvalue weighted by molar-refractivity contribution is -0.126. The highest BCUT2D eigenvalue weighted by Gasteiger charge is 2.47. The number of carbonyl (C=O) groups excluding carboxylic acids is 2. The number of carbonyl (C=O) groups is 2. The molecule has 4 heterocycles. The molecule has 3 aromatic heterocycles. The average molecular weight is 478 g/mol. The quantitative estimate of drug-likeness (QED) is 0.485. The van der Waals surface area contributed by atoms with Gasteiger partial charge >= 0.3 is 0 Å². The van der Waals surface area contributed by atoms with Crippen molar-refractivity contribution in [2.24, 2.45) is 23.7 Å². The summed E-state index contributed by atoms with van der Waals surface area (Å²) in [6.45, 7) is 2.68. The van der Waals surface area contributed by atoms with E-state index in [2.05, 4.69) is 20.9 Å². The van der Waals surface area contributed by atoms with E-state index in [0.717, 1.165) is 36.4 Å². The van der Waals surface area contributed by atoms with Gasteiger partial charge in [0, 0.05) is 18.9 Å². The number of aryl methyl sites for hydroxylation is 1. The first kappa shape index (κ1) is 22.2. The van der Waals surface area contributed by atoms with Crippen molar-refractivity contribution in [1.29, 1.82) is 0 Å². The summed E-state index contributed by atoms with van der Waals surface area (Å²) in [6, 6.07) is 3.68. The molecule has 10 heteroatoms. The molecule has 0 radical (unpaired) electrons. The summed E-state index contributed by atoms with van der Waals surface area (Å²) in [6.07, 6.45) is 9.78. The van der Waals surface area contributed by atoms with Crippen molar-refractivity contribution in [3.8, 4) is 0 Å². The Labute approximate surface area is 203 Å². The topological polar surface area (TPSA) is 127 Å². The van der Waals surface area contributed by atoms with Crippen molar-refractivity contribution >= 4 is 17.5 Å². The lowest BCUT2D eigenvalue weighted by Gasteiger charge is -2.26. The lowest BCUT2D eigenvalue weighted by atomic mass is 9.87. The first-order valence-corrected chi connectivity index (χ1v) is 12.9. The van der Waals surface area contributed by atoms with Crippen LogP contribution < -0.4 is 10.6 Å². The van der Waals surface area contributed by atoms with Crippen LogP contribution in [0.2, 0.25) is 0 Å². The molecule has 0 bridgehead atoms. The third-order valence-electron chi connectivity index (χ3n) is 7.68. The largest absolute Gasteiger partial charge is 0.356 e. The van der Waals surface area contributed by atoms with Crippen LogP contribution in [0.3, 0.4) is 0 Å². The number of hydrogen-bond donors (Lipinski definition) is 2. The number of amides is 2. The molecular formula is C25H31N7O3. The average Bonchev–Trinajstić information content (AvgIpc) is 3.79. The fraction of sp³-hybridized carbons (Fsp3) is 0.600. The second kappa shape index (κ2) is 9.05. The Bertz CT molecular complexity index is 1230. The van der Waals surface area contributed by atoms with E-state index in [1.165, 1.54) is 25.7 Å². The van der Waals surface area contributed by atoms with E-state index in [0.29, 0.717) is 36.3 Å². The van der Waals surface area contributed by atoms with E-state index in [1.54, 1.807) is 4.52 Å². The maximum Gasteiger partial charge on any atom is 0.276 e. The molecule has 1 saturated heterocycles. The number of imidazole rings is 1. The minimum Gasteiger partial charge on any atom is -0.356 e. The molecule has 1 aliphatic heterocycles. The molecule has 3 aromatic rings. The van der Waals surface area contributed by atoms with Crippen LogP contribution in [0, 0.1) is 23.7 Å². The Morgan fingerprint density at radius 3 is 2.71 bits per heavy atom. The molecule has 0 spiro atoms. The highest BCUT2D eigenvalue weighted by Crippen LogP contribution is 2.54.